The highest BCUT2D eigenvalue weighted by molar-refractivity contribution is 6.05. The van der Waals surface area contributed by atoms with Crippen LogP contribution in [0.15, 0.2) is 48.5 Å². The normalized spacial score (nSPS) is 10.7. The van der Waals surface area contributed by atoms with Crippen LogP contribution in [0.3, 0.4) is 0 Å². The minimum Gasteiger partial charge on any atom is -0.489 e. The first kappa shape index (κ1) is 15.2. The van der Waals surface area contributed by atoms with Gasteiger partial charge in [0.1, 0.15) is 12.4 Å². The molecule has 0 radical (unpaired) electrons. The Hall–Kier alpha value is -2.75. The van der Waals surface area contributed by atoms with Crippen molar-refractivity contribution in [2.75, 3.05) is 6.61 Å². The van der Waals surface area contributed by atoms with Gasteiger partial charge >= 0.3 is 5.97 Å². The number of fused-ring (bicyclic) bond motifs is 1. The zero-order valence-corrected chi connectivity index (χ0v) is 13.3. The molecule has 0 saturated carbocycles. The second kappa shape index (κ2) is 6.57. The van der Waals surface area contributed by atoms with Gasteiger partial charge in [0.15, 0.2) is 0 Å². The first-order valence-corrected chi connectivity index (χ1v) is 7.65. The van der Waals surface area contributed by atoms with Crippen LogP contribution >= 0.6 is 0 Å². The van der Waals surface area contributed by atoms with Crippen molar-refractivity contribution in [1.82, 2.24) is 4.98 Å². The average molecular weight is 309 g/mol. The summed E-state index contributed by atoms with van der Waals surface area (Å²) in [5, 5.41) is 0.825. The summed E-state index contributed by atoms with van der Waals surface area (Å²) in [4.78, 5) is 15.4. The van der Waals surface area contributed by atoms with Crippen LogP contribution in [0, 0.1) is 6.92 Å². The number of esters is 1. The molecule has 0 unspecified atom stereocenters. The van der Waals surface area contributed by atoms with Gasteiger partial charge in [0.25, 0.3) is 0 Å². The van der Waals surface area contributed by atoms with Gasteiger partial charge in [-0.3, -0.25) is 0 Å². The summed E-state index contributed by atoms with van der Waals surface area (Å²) in [6.07, 6.45) is 0. The maximum atomic E-state index is 12.1. The van der Waals surface area contributed by atoms with Crippen molar-refractivity contribution in [3.8, 4) is 5.75 Å². The van der Waals surface area contributed by atoms with Gasteiger partial charge in [0.05, 0.1) is 12.2 Å². The van der Waals surface area contributed by atoms with E-state index >= 15 is 0 Å². The van der Waals surface area contributed by atoms with Gasteiger partial charge in [0.2, 0.25) is 0 Å². The molecule has 1 aromatic heterocycles. The molecular weight excluding hydrogens is 290 g/mol. The Balaban J connectivity index is 1.88. The minimum atomic E-state index is -0.309. The molecule has 0 bridgehead atoms. The third-order valence-electron chi connectivity index (χ3n) is 3.69. The van der Waals surface area contributed by atoms with Gasteiger partial charge in [-0.1, -0.05) is 30.3 Å². The van der Waals surface area contributed by atoms with Gasteiger partial charge in [-0.2, -0.15) is 0 Å². The largest absolute Gasteiger partial charge is 0.489 e. The van der Waals surface area contributed by atoms with E-state index in [0.717, 1.165) is 27.9 Å². The molecule has 4 nitrogen and oxygen atoms in total. The Morgan fingerprint density at radius 2 is 1.91 bits per heavy atom. The molecule has 0 fully saturated rings. The summed E-state index contributed by atoms with van der Waals surface area (Å²) in [7, 11) is 0. The lowest BCUT2D eigenvalue weighted by Crippen LogP contribution is -2.05. The molecule has 0 aliphatic carbocycles. The van der Waals surface area contributed by atoms with E-state index < -0.39 is 0 Å². The summed E-state index contributed by atoms with van der Waals surface area (Å²) < 4.78 is 11.0. The lowest BCUT2D eigenvalue weighted by Gasteiger charge is -2.07. The molecule has 1 N–H and O–H groups in total. The standard InChI is InChI=1S/C19H19NO3/c1-3-22-19(21)18-13(2)20-17-10-9-15(11-16(17)18)23-12-14-7-5-4-6-8-14/h4-11,20H,3,12H2,1-2H3. The van der Waals surface area contributed by atoms with Crippen LogP contribution in [0.5, 0.6) is 5.75 Å². The number of H-pyrrole nitrogens is 1. The second-order valence-electron chi connectivity index (χ2n) is 5.33. The number of benzene rings is 2. The van der Waals surface area contributed by atoms with Gasteiger partial charge < -0.3 is 14.5 Å². The van der Waals surface area contributed by atoms with Crippen LogP contribution in [-0.2, 0) is 11.3 Å². The molecule has 0 aliphatic rings. The second-order valence-corrected chi connectivity index (χ2v) is 5.33. The zero-order valence-electron chi connectivity index (χ0n) is 13.3. The Morgan fingerprint density at radius 3 is 2.65 bits per heavy atom. The molecule has 118 valence electrons. The molecule has 3 aromatic rings. The van der Waals surface area contributed by atoms with Crippen molar-refractivity contribution < 1.29 is 14.3 Å². The molecule has 0 aliphatic heterocycles. The highest BCUT2D eigenvalue weighted by Gasteiger charge is 2.17. The number of carbonyl (C=O) groups excluding carboxylic acids is 1. The van der Waals surface area contributed by atoms with E-state index in [1.807, 2.05) is 55.5 Å². The number of hydrogen-bond donors (Lipinski definition) is 1. The summed E-state index contributed by atoms with van der Waals surface area (Å²) in [5.74, 6) is 0.419. The lowest BCUT2D eigenvalue weighted by atomic mass is 10.1. The van der Waals surface area contributed by atoms with Crippen molar-refractivity contribution in [3.05, 3.63) is 65.4 Å². The van der Waals surface area contributed by atoms with Crippen LogP contribution in [-0.4, -0.2) is 17.6 Å². The number of hydrogen-bond acceptors (Lipinski definition) is 3. The quantitative estimate of drug-likeness (QED) is 0.717. The zero-order chi connectivity index (χ0) is 16.2. The van der Waals surface area contributed by atoms with Gasteiger partial charge in [-0.25, -0.2) is 4.79 Å². The number of rotatable bonds is 5. The van der Waals surface area contributed by atoms with Crippen LogP contribution in [0.25, 0.3) is 10.9 Å². The molecule has 4 heteroatoms. The van der Waals surface area contributed by atoms with Crippen molar-refractivity contribution in [2.45, 2.75) is 20.5 Å². The number of ether oxygens (including phenoxy) is 2. The first-order valence-electron chi connectivity index (χ1n) is 7.65. The fourth-order valence-electron chi connectivity index (χ4n) is 2.60. The molecule has 0 atom stereocenters. The number of nitrogens with one attached hydrogen (secondary N) is 1. The summed E-state index contributed by atoms with van der Waals surface area (Å²) in [6, 6.07) is 15.7. The number of aryl methyl sites for hydroxylation is 1. The molecule has 0 spiro atoms. The molecule has 23 heavy (non-hydrogen) atoms. The predicted molar refractivity (Wildman–Crippen MR) is 89.8 cm³/mol. The average Bonchev–Trinajstić information content (AvgIpc) is 2.89. The summed E-state index contributed by atoms with van der Waals surface area (Å²) >= 11 is 0. The Kier molecular flexibility index (Phi) is 4.33. The Morgan fingerprint density at radius 1 is 1.13 bits per heavy atom. The highest BCUT2D eigenvalue weighted by atomic mass is 16.5. The summed E-state index contributed by atoms with van der Waals surface area (Å²) in [5.41, 5.74) is 3.38. The van der Waals surface area contributed by atoms with E-state index in [4.69, 9.17) is 9.47 Å². The third-order valence-corrected chi connectivity index (χ3v) is 3.69. The molecule has 0 amide bonds. The van der Waals surface area contributed by atoms with Gasteiger partial charge in [-0.05, 0) is 37.6 Å². The van der Waals surface area contributed by atoms with E-state index in [1.54, 1.807) is 6.92 Å². The van der Waals surface area contributed by atoms with E-state index in [9.17, 15) is 4.79 Å². The lowest BCUT2D eigenvalue weighted by molar-refractivity contribution is 0.0528. The SMILES string of the molecule is CCOC(=O)c1c(C)[nH]c2ccc(OCc3ccccc3)cc12. The summed E-state index contributed by atoms with van der Waals surface area (Å²) in [6.45, 7) is 4.52. The van der Waals surface area contributed by atoms with Gasteiger partial charge in [0, 0.05) is 16.6 Å². The number of carbonyl (C=O) groups is 1. The molecular formula is C19H19NO3. The predicted octanol–water partition coefficient (Wildman–Crippen LogP) is 4.23. The first-order chi connectivity index (χ1) is 11.2. The monoisotopic (exact) mass is 309 g/mol. The smallest absolute Gasteiger partial charge is 0.340 e. The molecule has 3 rings (SSSR count). The van der Waals surface area contributed by atoms with E-state index in [0.29, 0.717) is 18.8 Å². The maximum Gasteiger partial charge on any atom is 0.340 e. The topological polar surface area (TPSA) is 51.3 Å². The fourth-order valence-corrected chi connectivity index (χ4v) is 2.60. The van der Waals surface area contributed by atoms with Crippen LogP contribution in [0.2, 0.25) is 0 Å². The van der Waals surface area contributed by atoms with Crippen molar-refractivity contribution in [3.63, 3.8) is 0 Å². The van der Waals surface area contributed by atoms with Gasteiger partial charge in [-0.15, -0.1) is 0 Å². The van der Waals surface area contributed by atoms with Crippen molar-refractivity contribution >= 4 is 16.9 Å². The fraction of sp³-hybridized carbons (Fsp3) is 0.211. The van der Waals surface area contributed by atoms with Crippen LogP contribution in [0.1, 0.15) is 28.5 Å². The number of aromatic amines is 1. The Labute approximate surface area is 135 Å². The molecule has 2 aromatic carbocycles. The van der Waals surface area contributed by atoms with Crippen molar-refractivity contribution in [2.24, 2.45) is 0 Å². The van der Waals surface area contributed by atoms with E-state index in [-0.39, 0.29) is 5.97 Å². The third kappa shape index (κ3) is 3.21. The van der Waals surface area contributed by atoms with Crippen LogP contribution < -0.4 is 4.74 Å². The van der Waals surface area contributed by atoms with E-state index in [2.05, 4.69) is 4.98 Å². The van der Waals surface area contributed by atoms with E-state index in [1.165, 1.54) is 0 Å². The van der Waals surface area contributed by atoms with Crippen LogP contribution in [0.4, 0.5) is 0 Å². The number of aromatic nitrogens is 1. The molecule has 1 heterocycles. The minimum absolute atomic E-state index is 0.309. The van der Waals surface area contributed by atoms with Crippen molar-refractivity contribution in [1.29, 1.82) is 0 Å². The highest BCUT2D eigenvalue weighted by Crippen LogP contribution is 2.27. The maximum absolute atomic E-state index is 12.1. The Bertz CT molecular complexity index is 821. The molecule has 0 saturated heterocycles.